The number of ether oxygens (including phenoxy) is 2. The number of methoxy groups -OCH3 is 2. The predicted octanol–water partition coefficient (Wildman–Crippen LogP) is 5.18. The molecule has 0 fully saturated rings. The third kappa shape index (κ3) is 5.38. The van der Waals surface area contributed by atoms with Gasteiger partial charge in [0.2, 0.25) is 0 Å². The number of carbonyl (C=O) groups is 1. The molecule has 0 aromatic heterocycles. The molecular weight excluding hydrogens is 328 g/mol. The Balaban J connectivity index is 3.18. The minimum atomic E-state index is -0.945. The first-order valence-corrected chi connectivity index (χ1v) is 8.38. The quantitative estimate of drug-likeness (QED) is 0.540. The van der Waals surface area contributed by atoms with Gasteiger partial charge in [0.15, 0.2) is 0 Å². The van der Waals surface area contributed by atoms with Gasteiger partial charge in [-0.3, -0.25) is 0 Å². The maximum absolute atomic E-state index is 10.6. The van der Waals surface area contributed by atoms with E-state index in [1.165, 1.54) is 6.08 Å². The van der Waals surface area contributed by atoms with E-state index in [0.29, 0.717) is 5.57 Å². The lowest BCUT2D eigenvalue weighted by Crippen LogP contribution is -2.01. The first kappa shape index (κ1) is 21.3. The summed E-state index contributed by atoms with van der Waals surface area (Å²) in [6.45, 7) is 9.80. The summed E-state index contributed by atoms with van der Waals surface area (Å²) in [5, 5.41) is 8.70. The molecule has 0 heterocycles. The van der Waals surface area contributed by atoms with Gasteiger partial charge in [0.1, 0.15) is 11.5 Å². The molecule has 0 aliphatic carbocycles. The molecule has 4 nitrogen and oxygen atoms in total. The van der Waals surface area contributed by atoms with E-state index in [4.69, 9.17) is 14.6 Å². The summed E-state index contributed by atoms with van der Waals surface area (Å²) < 4.78 is 11.2. The SMILES string of the molecule is COc1c(C)c(C)c(OC)c(/C=C/C(C)=C/C=C/C(C)=C/C(=O)O)c1C. The Labute approximate surface area is 156 Å². The van der Waals surface area contributed by atoms with Crippen LogP contribution in [0.25, 0.3) is 6.08 Å². The van der Waals surface area contributed by atoms with Gasteiger partial charge < -0.3 is 14.6 Å². The van der Waals surface area contributed by atoms with E-state index >= 15 is 0 Å². The van der Waals surface area contributed by atoms with Crippen molar-refractivity contribution in [1.82, 2.24) is 0 Å². The lowest BCUT2D eigenvalue weighted by atomic mass is 9.96. The summed E-state index contributed by atoms with van der Waals surface area (Å²) in [6.07, 6.45) is 10.7. The highest BCUT2D eigenvalue weighted by Crippen LogP contribution is 2.38. The molecule has 1 aromatic carbocycles. The first-order valence-electron chi connectivity index (χ1n) is 8.38. The molecule has 1 rings (SSSR count). The first-order chi connectivity index (χ1) is 12.2. The van der Waals surface area contributed by atoms with Crippen molar-refractivity contribution in [1.29, 1.82) is 0 Å². The molecule has 0 amide bonds. The van der Waals surface area contributed by atoms with Gasteiger partial charge in [0.05, 0.1) is 14.2 Å². The second-order valence-corrected chi connectivity index (χ2v) is 6.18. The van der Waals surface area contributed by atoms with Gasteiger partial charge in [-0.05, 0) is 51.3 Å². The molecule has 0 aliphatic rings. The fraction of sp³-hybridized carbons (Fsp3) is 0.318. The Morgan fingerprint density at radius 1 is 0.885 bits per heavy atom. The lowest BCUT2D eigenvalue weighted by Gasteiger charge is -2.18. The van der Waals surface area contributed by atoms with Crippen LogP contribution in [0.2, 0.25) is 0 Å². The van der Waals surface area contributed by atoms with Crippen LogP contribution < -0.4 is 9.47 Å². The van der Waals surface area contributed by atoms with E-state index in [1.54, 1.807) is 27.2 Å². The molecule has 0 saturated heterocycles. The van der Waals surface area contributed by atoms with Crippen LogP contribution >= 0.6 is 0 Å². The third-order valence-electron chi connectivity index (χ3n) is 4.22. The number of carboxylic acid groups (broad SMARTS) is 1. The fourth-order valence-electron chi connectivity index (χ4n) is 2.75. The predicted molar refractivity (Wildman–Crippen MR) is 107 cm³/mol. The van der Waals surface area contributed by atoms with Crippen LogP contribution in [0.1, 0.15) is 36.1 Å². The van der Waals surface area contributed by atoms with Crippen LogP contribution in [0.3, 0.4) is 0 Å². The average molecular weight is 356 g/mol. The zero-order chi connectivity index (χ0) is 19.9. The van der Waals surface area contributed by atoms with Crippen LogP contribution in [0.5, 0.6) is 11.5 Å². The highest BCUT2D eigenvalue weighted by molar-refractivity contribution is 5.81. The summed E-state index contributed by atoms with van der Waals surface area (Å²) in [5.74, 6) is 0.776. The maximum atomic E-state index is 10.6. The third-order valence-corrected chi connectivity index (χ3v) is 4.22. The van der Waals surface area contributed by atoms with Crippen LogP contribution in [-0.2, 0) is 4.79 Å². The molecule has 26 heavy (non-hydrogen) atoms. The van der Waals surface area contributed by atoms with Crippen molar-refractivity contribution in [3.05, 3.63) is 63.8 Å². The Bertz CT molecular complexity index is 793. The Morgan fingerprint density at radius 3 is 2.00 bits per heavy atom. The molecule has 0 aliphatic heterocycles. The molecule has 0 bridgehead atoms. The second kappa shape index (κ2) is 9.66. The van der Waals surface area contributed by atoms with Gasteiger partial charge >= 0.3 is 5.97 Å². The van der Waals surface area contributed by atoms with Crippen molar-refractivity contribution in [2.24, 2.45) is 0 Å². The van der Waals surface area contributed by atoms with E-state index in [9.17, 15) is 4.79 Å². The number of aliphatic carboxylic acids is 1. The minimum Gasteiger partial charge on any atom is -0.496 e. The molecular formula is C22H28O4. The highest BCUT2D eigenvalue weighted by atomic mass is 16.5. The monoisotopic (exact) mass is 356 g/mol. The van der Waals surface area contributed by atoms with Gasteiger partial charge in [-0.1, -0.05) is 36.0 Å². The number of benzene rings is 1. The number of hydrogen-bond acceptors (Lipinski definition) is 3. The molecule has 0 unspecified atom stereocenters. The zero-order valence-corrected chi connectivity index (χ0v) is 16.6. The number of hydrogen-bond donors (Lipinski definition) is 1. The molecule has 140 valence electrons. The average Bonchev–Trinajstić information content (AvgIpc) is 2.56. The molecule has 0 radical (unpaired) electrons. The second-order valence-electron chi connectivity index (χ2n) is 6.18. The maximum Gasteiger partial charge on any atom is 0.328 e. The van der Waals surface area contributed by atoms with Crippen molar-refractivity contribution in [3.8, 4) is 11.5 Å². The summed E-state index contributed by atoms with van der Waals surface area (Å²) in [7, 11) is 3.35. The van der Waals surface area contributed by atoms with Crippen molar-refractivity contribution >= 4 is 12.0 Å². The van der Waals surface area contributed by atoms with Gasteiger partial charge in [0, 0.05) is 17.2 Å². The van der Waals surface area contributed by atoms with Crippen molar-refractivity contribution in [3.63, 3.8) is 0 Å². The summed E-state index contributed by atoms with van der Waals surface area (Å²) >= 11 is 0. The Morgan fingerprint density at radius 2 is 1.46 bits per heavy atom. The largest absolute Gasteiger partial charge is 0.496 e. The van der Waals surface area contributed by atoms with Gasteiger partial charge in [0.25, 0.3) is 0 Å². The topological polar surface area (TPSA) is 55.8 Å². The number of rotatable bonds is 7. The van der Waals surface area contributed by atoms with Crippen LogP contribution in [0.4, 0.5) is 0 Å². The summed E-state index contributed by atoms with van der Waals surface area (Å²) in [5.41, 5.74) is 5.88. The lowest BCUT2D eigenvalue weighted by molar-refractivity contribution is -0.131. The zero-order valence-electron chi connectivity index (χ0n) is 16.6. The van der Waals surface area contributed by atoms with E-state index in [1.807, 2.05) is 52.0 Å². The van der Waals surface area contributed by atoms with Gasteiger partial charge in [-0.25, -0.2) is 4.79 Å². The van der Waals surface area contributed by atoms with Gasteiger partial charge in [-0.15, -0.1) is 0 Å². The number of allylic oxidation sites excluding steroid dienone is 6. The standard InChI is InChI=1S/C22H28O4/c1-14(9-8-10-15(2)13-20(23)24)11-12-19-18(5)21(25-6)16(3)17(4)22(19)26-7/h8-13H,1-7H3,(H,23,24)/b10-8+,12-11+,14-9+,15-13+. The summed E-state index contributed by atoms with van der Waals surface area (Å²) in [4.78, 5) is 10.6. The smallest absolute Gasteiger partial charge is 0.328 e. The Hall–Kier alpha value is -2.75. The highest BCUT2D eigenvalue weighted by Gasteiger charge is 2.16. The van der Waals surface area contributed by atoms with E-state index in [0.717, 1.165) is 39.3 Å². The number of carboxylic acids is 1. The normalized spacial score (nSPS) is 12.9. The van der Waals surface area contributed by atoms with Crippen molar-refractivity contribution in [2.75, 3.05) is 14.2 Å². The van der Waals surface area contributed by atoms with Crippen molar-refractivity contribution in [2.45, 2.75) is 34.6 Å². The van der Waals surface area contributed by atoms with E-state index in [2.05, 4.69) is 0 Å². The fourth-order valence-corrected chi connectivity index (χ4v) is 2.75. The molecule has 4 heteroatoms. The molecule has 0 spiro atoms. The Kier molecular flexibility index (Phi) is 7.91. The molecule has 0 atom stereocenters. The molecule has 1 N–H and O–H groups in total. The molecule has 0 saturated carbocycles. The summed E-state index contributed by atoms with van der Waals surface area (Å²) in [6, 6.07) is 0. The minimum absolute atomic E-state index is 0.682. The van der Waals surface area contributed by atoms with Crippen LogP contribution in [0, 0.1) is 20.8 Å². The molecule has 1 aromatic rings. The van der Waals surface area contributed by atoms with E-state index in [-0.39, 0.29) is 0 Å². The van der Waals surface area contributed by atoms with Gasteiger partial charge in [-0.2, -0.15) is 0 Å². The van der Waals surface area contributed by atoms with E-state index < -0.39 is 5.97 Å². The van der Waals surface area contributed by atoms with Crippen LogP contribution in [0.15, 0.2) is 41.5 Å². The van der Waals surface area contributed by atoms with Crippen molar-refractivity contribution < 1.29 is 19.4 Å². The van der Waals surface area contributed by atoms with Crippen LogP contribution in [-0.4, -0.2) is 25.3 Å².